The number of fused-ring (bicyclic) bond motifs is 1. The van der Waals surface area contributed by atoms with Gasteiger partial charge in [-0.15, -0.1) is 0 Å². The van der Waals surface area contributed by atoms with Gasteiger partial charge in [-0.1, -0.05) is 18.2 Å². The summed E-state index contributed by atoms with van der Waals surface area (Å²) in [5.74, 6) is -1.24. The molecule has 19 heavy (non-hydrogen) atoms. The molecule has 5 nitrogen and oxygen atoms in total. The molecule has 0 aliphatic carbocycles. The third-order valence-electron chi connectivity index (χ3n) is 2.53. The molecule has 1 aromatic heterocycles. The van der Waals surface area contributed by atoms with Crippen molar-refractivity contribution in [3.05, 3.63) is 41.7 Å². The highest BCUT2D eigenvalue weighted by molar-refractivity contribution is 5.92. The predicted octanol–water partition coefficient (Wildman–Crippen LogP) is 2.28. The molecule has 0 atom stereocenters. The maximum atomic E-state index is 10.8. The van der Waals surface area contributed by atoms with E-state index in [0.717, 1.165) is 10.9 Å². The van der Waals surface area contributed by atoms with Gasteiger partial charge in [0.15, 0.2) is 0 Å². The minimum Gasteiger partial charge on any atom is -0.475 e. The number of benzene rings is 1. The van der Waals surface area contributed by atoms with Crippen LogP contribution in [0.1, 0.15) is 23.0 Å². The van der Waals surface area contributed by atoms with E-state index in [1.165, 1.54) is 13.0 Å². The SMILES string of the molecule is CC(=O)NCC=Cc1ccc2oc(C(=O)O)cc2c1. The summed E-state index contributed by atoms with van der Waals surface area (Å²) in [6.45, 7) is 1.91. The van der Waals surface area contributed by atoms with Crippen LogP contribution in [0.2, 0.25) is 0 Å². The molecule has 98 valence electrons. The predicted molar refractivity (Wildman–Crippen MR) is 70.9 cm³/mol. The molecule has 1 aromatic carbocycles. The fourth-order valence-corrected chi connectivity index (χ4v) is 1.67. The Morgan fingerprint density at radius 2 is 2.16 bits per heavy atom. The normalized spacial score (nSPS) is 11.0. The van der Waals surface area contributed by atoms with Crippen LogP contribution < -0.4 is 5.32 Å². The van der Waals surface area contributed by atoms with Gasteiger partial charge in [0.25, 0.3) is 0 Å². The van der Waals surface area contributed by atoms with Crippen molar-refractivity contribution in [2.75, 3.05) is 6.54 Å². The zero-order chi connectivity index (χ0) is 13.8. The van der Waals surface area contributed by atoms with Crippen LogP contribution in [0.5, 0.6) is 0 Å². The Hall–Kier alpha value is -2.56. The molecule has 0 saturated heterocycles. The van der Waals surface area contributed by atoms with E-state index in [2.05, 4.69) is 5.32 Å². The number of carboxylic acid groups (broad SMARTS) is 1. The highest BCUT2D eigenvalue weighted by Gasteiger charge is 2.09. The molecular weight excluding hydrogens is 246 g/mol. The van der Waals surface area contributed by atoms with Gasteiger partial charge in [0.1, 0.15) is 5.58 Å². The molecule has 0 aliphatic rings. The highest BCUT2D eigenvalue weighted by atomic mass is 16.4. The Labute approximate surface area is 109 Å². The Kier molecular flexibility index (Phi) is 3.66. The first-order valence-electron chi connectivity index (χ1n) is 5.74. The lowest BCUT2D eigenvalue weighted by atomic mass is 10.1. The van der Waals surface area contributed by atoms with E-state index in [0.29, 0.717) is 12.1 Å². The van der Waals surface area contributed by atoms with Gasteiger partial charge < -0.3 is 14.8 Å². The molecule has 0 fully saturated rings. The van der Waals surface area contributed by atoms with Gasteiger partial charge >= 0.3 is 5.97 Å². The second-order valence-corrected chi connectivity index (χ2v) is 4.05. The first-order chi connectivity index (χ1) is 9.06. The van der Waals surface area contributed by atoms with Crippen LogP contribution in [-0.4, -0.2) is 23.5 Å². The molecule has 0 bridgehead atoms. The van der Waals surface area contributed by atoms with Gasteiger partial charge in [0.2, 0.25) is 11.7 Å². The molecule has 2 rings (SSSR count). The van der Waals surface area contributed by atoms with Crippen LogP contribution in [0.25, 0.3) is 17.0 Å². The molecular formula is C14H13NO4. The fraction of sp³-hybridized carbons (Fsp3) is 0.143. The molecule has 0 aliphatic heterocycles. The van der Waals surface area contributed by atoms with E-state index in [4.69, 9.17) is 9.52 Å². The van der Waals surface area contributed by atoms with Crippen molar-refractivity contribution >= 4 is 28.9 Å². The van der Waals surface area contributed by atoms with Crippen LogP contribution >= 0.6 is 0 Å². The topological polar surface area (TPSA) is 79.5 Å². The lowest BCUT2D eigenvalue weighted by Crippen LogP contribution is -2.19. The second-order valence-electron chi connectivity index (χ2n) is 4.05. The second kappa shape index (κ2) is 5.39. The van der Waals surface area contributed by atoms with Gasteiger partial charge in [-0.3, -0.25) is 4.79 Å². The number of carboxylic acids is 1. The summed E-state index contributed by atoms with van der Waals surface area (Å²) in [4.78, 5) is 21.5. The van der Waals surface area contributed by atoms with E-state index < -0.39 is 5.97 Å². The minimum absolute atomic E-state index is 0.0747. The standard InChI is InChI=1S/C14H13NO4/c1-9(16)15-6-2-3-10-4-5-12-11(7-10)8-13(19-12)14(17)18/h2-5,7-8H,6H2,1H3,(H,15,16)(H,17,18). The third-order valence-corrected chi connectivity index (χ3v) is 2.53. The maximum absolute atomic E-state index is 10.8. The molecule has 0 spiro atoms. The van der Waals surface area contributed by atoms with Gasteiger partial charge in [-0.2, -0.15) is 0 Å². The van der Waals surface area contributed by atoms with E-state index in [-0.39, 0.29) is 11.7 Å². The molecule has 0 saturated carbocycles. The van der Waals surface area contributed by atoms with Gasteiger partial charge in [-0.25, -0.2) is 4.79 Å². The number of carbonyl (C=O) groups is 2. The van der Waals surface area contributed by atoms with Crippen LogP contribution in [0.15, 0.2) is 34.8 Å². The Bertz CT molecular complexity index is 655. The Morgan fingerprint density at radius 1 is 1.37 bits per heavy atom. The molecule has 5 heteroatoms. The van der Waals surface area contributed by atoms with Crippen molar-refractivity contribution in [1.82, 2.24) is 5.32 Å². The van der Waals surface area contributed by atoms with Crippen LogP contribution in [0, 0.1) is 0 Å². The van der Waals surface area contributed by atoms with Crippen molar-refractivity contribution in [1.29, 1.82) is 0 Å². The Morgan fingerprint density at radius 3 is 2.84 bits per heavy atom. The summed E-state index contributed by atoms with van der Waals surface area (Å²) in [7, 11) is 0. The lowest BCUT2D eigenvalue weighted by Gasteiger charge is -1.96. The number of nitrogens with one attached hydrogen (secondary N) is 1. The van der Waals surface area contributed by atoms with Crippen molar-refractivity contribution in [3.8, 4) is 0 Å². The number of hydrogen-bond acceptors (Lipinski definition) is 3. The highest BCUT2D eigenvalue weighted by Crippen LogP contribution is 2.21. The molecule has 2 N–H and O–H groups in total. The minimum atomic E-state index is -1.08. The first-order valence-corrected chi connectivity index (χ1v) is 5.74. The number of furan rings is 1. The summed E-state index contributed by atoms with van der Waals surface area (Å²) in [6, 6.07) is 6.86. The average Bonchev–Trinajstić information content (AvgIpc) is 2.77. The molecule has 2 aromatic rings. The van der Waals surface area contributed by atoms with Crippen LogP contribution in [-0.2, 0) is 4.79 Å². The fourth-order valence-electron chi connectivity index (χ4n) is 1.67. The van der Waals surface area contributed by atoms with Gasteiger partial charge in [-0.05, 0) is 23.8 Å². The zero-order valence-corrected chi connectivity index (χ0v) is 10.3. The number of hydrogen-bond donors (Lipinski definition) is 2. The quantitative estimate of drug-likeness (QED) is 0.882. The maximum Gasteiger partial charge on any atom is 0.371 e. The smallest absolute Gasteiger partial charge is 0.371 e. The monoisotopic (exact) mass is 259 g/mol. The lowest BCUT2D eigenvalue weighted by molar-refractivity contribution is -0.118. The molecule has 0 radical (unpaired) electrons. The van der Waals surface area contributed by atoms with E-state index in [1.807, 2.05) is 24.3 Å². The summed E-state index contributed by atoms with van der Waals surface area (Å²) in [5, 5.41) is 12.2. The van der Waals surface area contributed by atoms with Crippen LogP contribution in [0.4, 0.5) is 0 Å². The largest absolute Gasteiger partial charge is 0.475 e. The molecule has 1 amide bonds. The zero-order valence-electron chi connectivity index (χ0n) is 10.3. The third kappa shape index (κ3) is 3.22. The van der Waals surface area contributed by atoms with Gasteiger partial charge in [0, 0.05) is 18.9 Å². The van der Waals surface area contributed by atoms with Crippen molar-refractivity contribution in [2.24, 2.45) is 0 Å². The van der Waals surface area contributed by atoms with Gasteiger partial charge in [0.05, 0.1) is 0 Å². The molecule has 0 unspecified atom stereocenters. The van der Waals surface area contributed by atoms with Crippen molar-refractivity contribution < 1.29 is 19.1 Å². The van der Waals surface area contributed by atoms with E-state index >= 15 is 0 Å². The Balaban J connectivity index is 2.17. The average molecular weight is 259 g/mol. The van der Waals surface area contributed by atoms with Crippen molar-refractivity contribution in [3.63, 3.8) is 0 Å². The summed E-state index contributed by atoms with van der Waals surface area (Å²) in [5.41, 5.74) is 1.45. The van der Waals surface area contributed by atoms with Crippen molar-refractivity contribution in [2.45, 2.75) is 6.92 Å². The number of carbonyl (C=O) groups excluding carboxylic acids is 1. The summed E-state index contributed by atoms with van der Waals surface area (Å²) in [6.07, 6.45) is 3.67. The number of rotatable bonds is 4. The first kappa shape index (κ1) is 12.9. The van der Waals surface area contributed by atoms with Crippen LogP contribution in [0.3, 0.4) is 0 Å². The summed E-state index contributed by atoms with van der Waals surface area (Å²) < 4.78 is 5.16. The number of aromatic carboxylic acids is 1. The number of amides is 1. The van der Waals surface area contributed by atoms with E-state index in [1.54, 1.807) is 6.07 Å². The molecule has 1 heterocycles. The summed E-state index contributed by atoms with van der Waals surface area (Å²) >= 11 is 0. The van der Waals surface area contributed by atoms with E-state index in [9.17, 15) is 9.59 Å².